The number of benzene rings is 2. The van der Waals surface area contributed by atoms with Gasteiger partial charge in [0.25, 0.3) is 5.91 Å². The number of nitrogens with zero attached hydrogens (tertiary/aromatic N) is 1. The van der Waals surface area contributed by atoms with Gasteiger partial charge < -0.3 is 21.8 Å². The second-order valence-corrected chi connectivity index (χ2v) is 8.83. The highest BCUT2D eigenvalue weighted by molar-refractivity contribution is 7.80. The molecule has 9 nitrogen and oxygen atoms in total. The zero-order chi connectivity index (χ0) is 27.1. The van der Waals surface area contributed by atoms with Gasteiger partial charge in [0.05, 0.1) is 6.54 Å². The number of amides is 2. The molecule has 9 N–H and O–H groups in total. The lowest BCUT2D eigenvalue weighted by molar-refractivity contribution is -0.139. The predicted molar refractivity (Wildman–Crippen MR) is 147 cm³/mol. The Bertz CT molecular complexity index is 942. The van der Waals surface area contributed by atoms with Crippen LogP contribution >= 0.6 is 12.6 Å². The number of aryl methyl sites for hydroxylation is 1. The number of hydroxylamine groups is 1. The molecule has 0 aliphatic heterocycles. The molecule has 2 aromatic rings. The molecule has 0 radical (unpaired) electrons. The molecule has 0 bridgehead atoms. The Morgan fingerprint density at radius 2 is 1.69 bits per heavy atom. The van der Waals surface area contributed by atoms with E-state index in [2.05, 4.69) is 24.9 Å². The topological polar surface area (TPSA) is 160 Å². The molecule has 0 saturated heterocycles. The quantitative estimate of drug-likeness (QED) is 0.0885. The Morgan fingerprint density at radius 3 is 2.17 bits per heavy atom. The summed E-state index contributed by atoms with van der Waals surface area (Å²) in [5, 5.41) is 13.0. The van der Waals surface area contributed by atoms with Crippen molar-refractivity contribution in [3.63, 3.8) is 0 Å². The van der Waals surface area contributed by atoms with E-state index in [0.717, 1.165) is 23.3 Å². The number of hydrogen-bond acceptors (Lipinski definition) is 8. The van der Waals surface area contributed by atoms with Gasteiger partial charge in [-0.05, 0) is 49.1 Å². The maximum Gasteiger partial charge on any atom is 0.255 e. The fraction of sp³-hybridized carbons (Fsp3) is 0.385. The molecular weight excluding hydrogens is 476 g/mol. The van der Waals surface area contributed by atoms with Gasteiger partial charge in [-0.25, -0.2) is 11.3 Å². The number of hydrazine groups is 1. The summed E-state index contributed by atoms with van der Waals surface area (Å²) in [6, 6.07) is 15.1. The Hall–Kier alpha value is -3.05. The maximum absolute atomic E-state index is 12.3. The molecule has 1 aliphatic carbocycles. The first-order valence-electron chi connectivity index (χ1n) is 12.0. The van der Waals surface area contributed by atoms with Crippen LogP contribution in [0.15, 0.2) is 65.3 Å². The first-order chi connectivity index (χ1) is 17.2. The number of carbonyl (C=O) groups is 2. The molecule has 198 valence electrons. The first-order valence-corrected chi connectivity index (χ1v) is 12.4. The first kappa shape index (κ1) is 31.0. The van der Waals surface area contributed by atoms with E-state index in [0.29, 0.717) is 30.3 Å². The van der Waals surface area contributed by atoms with Gasteiger partial charge in [-0.2, -0.15) is 0 Å². The highest BCUT2D eigenvalue weighted by atomic mass is 32.1. The maximum atomic E-state index is 12.3. The van der Waals surface area contributed by atoms with Gasteiger partial charge in [-0.15, -0.1) is 12.6 Å². The Kier molecular flexibility index (Phi) is 14.3. The lowest BCUT2D eigenvalue weighted by Gasteiger charge is -2.16. The minimum Gasteiger partial charge on any atom is -0.400 e. The van der Waals surface area contributed by atoms with E-state index < -0.39 is 17.7 Å². The summed E-state index contributed by atoms with van der Waals surface area (Å²) in [4.78, 5) is 25.1. The molecule has 0 heterocycles. The lowest BCUT2D eigenvalue weighted by Crippen LogP contribution is -2.37. The number of anilines is 1. The van der Waals surface area contributed by atoms with E-state index in [1.165, 1.54) is 10.6 Å². The molecule has 0 spiro atoms. The zero-order valence-electron chi connectivity index (χ0n) is 21.3. The minimum absolute atomic E-state index is 0.224. The Balaban J connectivity index is 0.000000543. The van der Waals surface area contributed by atoms with Crippen LogP contribution in [-0.4, -0.2) is 28.6 Å². The van der Waals surface area contributed by atoms with Crippen LogP contribution < -0.4 is 28.1 Å². The van der Waals surface area contributed by atoms with Crippen molar-refractivity contribution in [2.45, 2.75) is 51.5 Å². The van der Waals surface area contributed by atoms with Crippen LogP contribution in [0.25, 0.3) is 0 Å². The highest BCUT2D eigenvalue weighted by Gasteiger charge is 2.34. The summed E-state index contributed by atoms with van der Waals surface area (Å²) in [6.45, 7) is 6.71. The van der Waals surface area contributed by atoms with Crippen molar-refractivity contribution in [2.24, 2.45) is 29.1 Å². The summed E-state index contributed by atoms with van der Waals surface area (Å²) >= 11 is 4.13. The van der Waals surface area contributed by atoms with Gasteiger partial charge in [0.1, 0.15) is 5.92 Å². The number of thiol groups is 1. The number of rotatable bonds is 9. The SMILES string of the molecule is CC.Cc1ccc(S)cc1.NC/C(N)=C/N(N)Cc1ccc(NC(=O)C(CC2CC2)C(=O)NO)cc1. The van der Waals surface area contributed by atoms with Gasteiger partial charge >= 0.3 is 0 Å². The monoisotopic (exact) mass is 516 g/mol. The highest BCUT2D eigenvalue weighted by Crippen LogP contribution is 2.35. The largest absolute Gasteiger partial charge is 0.400 e. The average molecular weight is 517 g/mol. The minimum atomic E-state index is -0.906. The van der Waals surface area contributed by atoms with Crippen molar-refractivity contribution in [3.05, 3.63) is 71.6 Å². The average Bonchev–Trinajstić information content (AvgIpc) is 3.71. The van der Waals surface area contributed by atoms with Gasteiger partial charge in [-0.3, -0.25) is 14.8 Å². The van der Waals surface area contributed by atoms with E-state index >= 15 is 0 Å². The van der Waals surface area contributed by atoms with E-state index in [9.17, 15) is 9.59 Å². The third kappa shape index (κ3) is 12.1. The van der Waals surface area contributed by atoms with Crippen molar-refractivity contribution < 1.29 is 14.8 Å². The van der Waals surface area contributed by atoms with E-state index in [4.69, 9.17) is 22.5 Å². The molecule has 36 heavy (non-hydrogen) atoms. The van der Waals surface area contributed by atoms with Gasteiger partial charge in [0, 0.05) is 29.0 Å². The zero-order valence-corrected chi connectivity index (χ0v) is 22.2. The fourth-order valence-electron chi connectivity index (χ4n) is 3.09. The van der Waals surface area contributed by atoms with Crippen molar-refractivity contribution in [3.8, 4) is 0 Å². The number of nitrogens with one attached hydrogen (secondary N) is 2. The standard InChI is InChI=1S/C17H26N6O3.C7H8S.C2H6/c18-8-13(19)10-23(20)9-12-3-5-14(6-4-12)21-16(24)15(17(25)22-26)7-11-1-2-11;1-6-2-4-7(8)5-3-6;1-2/h3-6,10-11,15,26H,1-2,7-9,18-20H2,(H,21,24)(H,22,25);2-5,8H,1H3;1-2H3/b13-10-;;. The molecule has 2 aromatic carbocycles. The molecule has 3 rings (SSSR count). The van der Waals surface area contributed by atoms with E-state index in [1.54, 1.807) is 23.8 Å². The van der Waals surface area contributed by atoms with Crippen LogP contribution in [0, 0.1) is 18.8 Å². The van der Waals surface area contributed by atoms with Crippen molar-refractivity contribution in [2.75, 3.05) is 11.9 Å². The Labute approximate surface area is 219 Å². The normalized spacial score (nSPS) is 13.2. The summed E-state index contributed by atoms with van der Waals surface area (Å²) < 4.78 is 0. The van der Waals surface area contributed by atoms with Crippen LogP contribution in [0.2, 0.25) is 0 Å². The van der Waals surface area contributed by atoms with Crippen LogP contribution in [0.3, 0.4) is 0 Å². The fourth-order valence-corrected chi connectivity index (χ4v) is 3.24. The van der Waals surface area contributed by atoms with Gasteiger partial charge in [-0.1, -0.05) is 56.5 Å². The molecule has 2 amide bonds. The summed E-state index contributed by atoms with van der Waals surface area (Å²) in [5.41, 5.74) is 15.8. The van der Waals surface area contributed by atoms with Gasteiger partial charge in [0.2, 0.25) is 5.91 Å². The second kappa shape index (κ2) is 16.6. The number of carbonyl (C=O) groups excluding carboxylic acids is 2. The van der Waals surface area contributed by atoms with Crippen LogP contribution in [0.4, 0.5) is 5.69 Å². The molecule has 1 fully saturated rings. The lowest BCUT2D eigenvalue weighted by atomic mass is 10.0. The molecule has 10 heteroatoms. The smallest absolute Gasteiger partial charge is 0.255 e. The predicted octanol–water partition coefficient (Wildman–Crippen LogP) is 3.29. The number of nitrogens with two attached hydrogens (primary N) is 3. The molecule has 1 unspecified atom stereocenters. The van der Waals surface area contributed by atoms with Crippen LogP contribution in [-0.2, 0) is 16.1 Å². The van der Waals surface area contributed by atoms with Crippen molar-refractivity contribution in [1.29, 1.82) is 0 Å². The molecule has 1 atom stereocenters. The summed E-state index contributed by atoms with van der Waals surface area (Å²) in [6.07, 6.45) is 4.02. The van der Waals surface area contributed by atoms with Crippen LogP contribution in [0.5, 0.6) is 0 Å². The molecule has 0 aromatic heterocycles. The van der Waals surface area contributed by atoms with E-state index in [-0.39, 0.29) is 6.54 Å². The third-order valence-electron chi connectivity index (χ3n) is 5.20. The van der Waals surface area contributed by atoms with E-state index in [1.807, 2.05) is 50.2 Å². The van der Waals surface area contributed by atoms with Crippen molar-refractivity contribution in [1.82, 2.24) is 10.5 Å². The molecule has 1 saturated carbocycles. The Morgan fingerprint density at radius 1 is 1.11 bits per heavy atom. The van der Waals surface area contributed by atoms with Crippen LogP contribution in [0.1, 0.15) is 44.2 Å². The summed E-state index contributed by atoms with van der Waals surface area (Å²) in [7, 11) is 0. The van der Waals surface area contributed by atoms with Crippen molar-refractivity contribution >= 4 is 30.1 Å². The number of hydrogen-bond donors (Lipinski definition) is 7. The third-order valence-corrected chi connectivity index (χ3v) is 5.50. The molecule has 1 aliphatic rings. The second-order valence-electron chi connectivity index (χ2n) is 8.31. The van der Waals surface area contributed by atoms with Gasteiger partial charge in [0.15, 0.2) is 0 Å². The summed E-state index contributed by atoms with van der Waals surface area (Å²) in [5.74, 6) is 4.17. The molecular formula is C26H40N6O3S.